The Morgan fingerprint density at radius 3 is 2.84 bits per heavy atom. The van der Waals surface area contributed by atoms with Crippen LogP contribution < -0.4 is 10.6 Å². The molecule has 0 radical (unpaired) electrons. The monoisotopic (exact) mass is 260 g/mol. The molecule has 0 spiro atoms. The highest BCUT2D eigenvalue weighted by Crippen LogP contribution is 2.46. The Morgan fingerprint density at radius 2 is 2.16 bits per heavy atom. The summed E-state index contributed by atoms with van der Waals surface area (Å²) in [5, 5.41) is 0. The number of nitrogens with zero attached hydrogens (tertiary/aromatic N) is 1. The van der Waals surface area contributed by atoms with E-state index >= 15 is 0 Å². The fraction of sp³-hybridized carbons (Fsp3) is 0.625. The van der Waals surface area contributed by atoms with Crippen LogP contribution in [0.5, 0.6) is 0 Å². The summed E-state index contributed by atoms with van der Waals surface area (Å²) < 4.78 is 5.55. The quantitative estimate of drug-likeness (QED) is 0.882. The largest absolute Gasteiger partial charge is 0.382 e. The lowest BCUT2D eigenvalue weighted by Gasteiger charge is -2.47. The highest BCUT2D eigenvalue weighted by atomic mass is 16.5. The Balaban J connectivity index is 1.99. The molecule has 1 heterocycles. The maximum Gasteiger partial charge on any atom is 0.0784 e. The van der Waals surface area contributed by atoms with Gasteiger partial charge in [0.1, 0.15) is 0 Å². The van der Waals surface area contributed by atoms with Gasteiger partial charge in [-0.3, -0.25) is 0 Å². The Bertz CT molecular complexity index is 444. The van der Waals surface area contributed by atoms with Gasteiger partial charge < -0.3 is 15.4 Å². The van der Waals surface area contributed by atoms with E-state index in [9.17, 15) is 0 Å². The molecule has 2 aliphatic rings. The third-order valence-electron chi connectivity index (χ3n) is 4.73. The minimum Gasteiger partial charge on any atom is -0.382 e. The molecular formula is C16H24N2O. The molecule has 2 N–H and O–H groups in total. The number of methoxy groups -OCH3 is 1. The first kappa shape index (κ1) is 12.9. The number of fused-ring (bicyclic) bond motifs is 1. The van der Waals surface area contributed by atoms with Crippen molar-refractivity contribution >= 4 is 5.69 Å². The minimum absolute atomic E-state index is 0.00523. The molecule has 104 valence electrons. The average Bonchev–Trinajstić information content (AvgIpc) is 3.29. The van der Waals surface area contributed by atoms with Crippen molar-refractivity contribution in [1.82, 2.24) is 0 Å². The summed E-state index contributed by atoms with van der Waals surface area (Å²) in [7, 11) is 1.79. The molecular weight excluding hydrogens is 236 g/mol. The molecule has 1 fully saturated rings. The third-order valence-corrected chi connectivity index (χ3v) is 4.73. The van der Waals surface area contributed by atoms with Crippen LogP contribution in [0.4, 0.5) is 5.69 Å². The number of hydrogen-bond donors (Lipinski definition) is 1. The normalized spacial score (nSPS) is 21.9. The van der Waals surface area contributed by atoms with Crippen LogP contribution in [-0.4, -0.2) is 32.3 Å². The van der Waals surface area contributed by atoms with Crippen LogP contribution in [0.15, 0.2) is 24.3 Å². The molecule has 0 aromatic heterocycles. The second-order valence-electron chi connectivity index (χ2n) is 5.90. The second-order valence-corrected chi connectivity index (χ2v) is 5.90. The average molecular weight is 260 g/mol. The summed E-state index contributed by atoms with van der Waals surface area (Å²) in [5.74, 6) is 0.698. The summed E-state index contributed by atoms with van der Waals surface area (Å²) in [6.45, 7) is 2.52. The van der Waals surface area contributed by atoms with Crippen LogP contribution >= 0.6 is 0 Å². The van der Waals surface area contributed by atoms with Crippen LogP contribution in [0.25, 0.3) is 0 Å². The first-order valence-corrected chi connectivity index (χ1v) is 7.36. The van der Waals surface area contributed by atoms with Crippen molar-refractivity contribution in [3.63, 3.8) is 0 Å². The van der Waals surface area contributed by atoms with E-state index < -0.39 is 0 Å². The van der Waals surface area contributed by atoms with Gasteiger partial charge in [-0.1, -0.05) is 18.2 Å². The van der Waals surface area contributed by atoms with E-state index in [4.69, 9.17) is 10.5 Å². The fourth-order valence-corrected chi connectivity index (χ4v) is 3.62. The molecule has 1 aliphatic carbocycles. The van der Waals surface area contributed by atoms with E-state index in [-0.39, 0.29) is 5.54 Å². The molecule has 1 aromatic rings. The third kappa shape index (κ3) is 2.15. The van der Waals surface area contributed by atoms with Gasteiger partial charge in [-0.25, -0.2) is 0 Å². The zero-order valence-corrected chi connectivity index (χ0v) is 11.8. The van der Waals surface area contributed by atoms with Gasteiger partial charge in [0.25, 0.3) is 0 Å². The van der Waals surface area contributed by atoms with Crippen molar-refractivity contribution in [3.05, 3.63) is 29.8 Å². The molecule has 1 atom stereocenters. The van der Waals surface area contributed by atoms with Crippen LogP contribution in [0.1, 0.15) is 24.8 Å². The Hall–Kier alpha value is -1.06. The van der Waals surface area contributed by atoms with Crippen LogP contribution in [0.3, 0.4) is 0 Å². The Labute approximate surface area is 115 Å². The van der Waals surface area contributed by atoms with Gasteiger partial charge in [0.15, 0.2) is 0 Å². The lowest BCUT2D eigenvalue weighted by atomic mass is 9.87. The van der Waals surface area contributed by atoms with E-state index in [1.54, 1.807) is 7.11 Å². The summed E-state index contributed by atoms with van der Waals surface area (Å²) in [5.41, 5.74) is 9.05. The number of ether oxygens (including phenoxy) is 1. The predicted octanol–water partition coefficient (Wildman–Crippen LogP) is 2.19. The SMILES string of the molecule is COCC(CN)(C1CC1)N1CCCc2ccccc21. The summed E-state index contributed by atoms with van der Waals surface area (Å²) in [6, 6.07) is 8.78. The molecule has 1 unspecified atom stereocenters. The molecule has 0 amide bonds. The number of hydrogen-bond acceptors (Lipinski definition) is 3. The second kappa shape index (κ2) is 5.14. The maximum atomic E-state index is 6.20. The smallest absolute Gasteiger partial charge is 0.0784 e. The zero-order valence-electron chi connectivity index (χ0n) is 11.8. The number of benzene rings is 1. The summed E-state index contributed by atoms with van der Waals surface area (Å²) >= 11 is 0. The van der Waals surface area contributed by atoms with E-state index in [2.05, 4.69) is 29.2 Å². The van der Waals surface area contributed by atoms with Gasteiger partial charge in [-0.2, -0.15) is 0 Å². The van der Waals surface area contributed by atoms with Crippen LogP contribution in [0, 0.1) is 5.92 Å². The van der Waals surface area contributed by atoms with Crippen molar-refractivity contribution in [1.29, 1.82) is 0 Å². The molecule has 0 saturated heterocycles. The Morgan fingerprint density at radius 1 is 1.37 bits per heavy atom. The van der Waals surface area contributed by atoms with Gasteiger partial charge >= 0.3 is 0 Å². The van der Waals surface area contributed by atoms with Gasteiger partial charge in [0.05, 0.1) is 12.1 Å². The minimum atomic E-state index is 0.00523. The van der Waals surface area contributed by atoms with Gasteiger partial charge in [0.2, 0.25) is 0 Å². The van der Waals surface area contributed by atoms with Crippen LogP contribution in [0.2, 0.25) is 0 Å². The van der Waals surface area contributed by atoms with Crippen molar-refractivity contribution in [2.24, 2.45) is 11.7 Å². The number of anilines is 1. The number of nitrogens with two attached hydrogens (primary N) is 1. The van der Waals surface area contributed by atoms with E-state index in [1.807, 2.05) is 0 Å². The topological polar surface area (TPSA) is 38.5 Å². The molecule has 0 bridgehead atoms. The maximum absolute atomic E-state index is 6.20. The lowest BCUT2D eigenvalue weighted by molar-refractivity contribution is 0.116. The molecule has 19 heavy (non-hydrogen) atoms. The highest BCUT2D eigenvalue weighted by Gasteiger charge is 2.49. The molecule has 3 rings (SSSR count). The highest BCUT2D eigenvalue weighted by molar-refractivity contribution is 5.58. The first-order valence-electron chi connectivity index (χ1n) is 7.36. The Kier molecular flexibility index (Phi) is 3.50. The van der Waals surface area contributed by atoms with Gasteiger partial charge in [0, 0.05) is 25.9 Å². The van der Waals surface area contributed by atoms with E-state index in [1.165, 1.54) is 36.9 Å². The summed E-state index contributed by atoms with van der Waals surface area (Å²) in [4.78, 5) is 2.55. The van der Waals surface area contributed by atoms with Crippen molar-refractivity contribution in [3.8, 4) is 0 Å². The van der Waals surface area contributed by atoms with E-state index in [0.29, 0.717) is 12.5 Å². The number of rotatable bonds is 5. The predicted molar refractivity (Wildman–Crippen MR) is 78.5 cm³/mol. The number of aryl methyl sites for hydroxylation is 1. The number of para-hydroxylation sites is 1. The van der Waals surface area contributed by atoms with Crippen molar-refractivity contribution < 1.29 is 4.74 Å². The lowest BCUT2D eigenvalue weighted by Crippen LogP contribution is -2.60. The van der Waals surface area contributed by atoms with Gasteiger partial charge in [-0.05, 0) is 43.2 Å². The zero-order chi connectivity index (χ0) is 13.3. The molecule has 3 nitrogen and oxygen atoms in total. The van der Waals surface area contributed by atoms with Gasteiger partial charge in [-0.15, -0.1) is 0 Å². The molecule has 1 aliphatic heterocycles. The first-order chi connectivity index (χ1) is 9.31. The molecule has 1 saturated carbocycles. The summed E-state index contributed by atoms with van der Waals surface area (Å²) in [6.07, 6.45) is 4.98. The molecule has 1 aromatic carbocycles. The fourth-order valence-electron chi connectivity index (χ4n) is 3.62. The molecule has 3 heteroatoms. The van der Waals surface area contributed by atoms with Crippen molar-refractivity contribution in [2.75, 3.05) is 31.7 Å². The standard InChI is InChI=1S/C16H24N2O/c1-19-12-16(11-17,14-8-9-14)18-10-4-6-13-5-2-3-7-15(13)18/h2-3,5,7,14H,4,6,8-12,17H2,1H3. The van der Waals surface area contributed by atoms with E-state index in [0.717, 1.165) is 13.2 Å². The van der Waals surface area contributed by atoms with Crippen molar-refractivity contribution in [2.45, 2.75) is 31.2 Å². The van der Waals surface area contributed by atoms with Crippen LogP contribution in [-0.2, 0) is 11.2 Å².